The summed E-state index contributed by atoms with van der Waals surface area (Å²) in [6, 6.07) is 0.437. The molecule has 0 aromatic carbocycles. The average molecular weight is 214 g/mol. The lowest BCUT2D eigenvalue weighted by atomic mass is 9.98. The van der Waals surface area contributed by atoms with Crippen LogP contribution in [0.15, 0.2) is 0 Å². The second kappa shape index (κ2) is 4.94. The van der Waals surface area contributed by atoms with Crippen LogP contribution in [0.4, 0.5) is 0 Å². The van der Waals surface area contributed by atoms with E-state index in [1.54, 1.807) is 5.06 Å². The van der Waals surface area contributed by atoms with Crippen LogP contribution in [-0.4, -0.2) is 37.2 Å². The Labute approximate surface area is 91.9 Å². The summed E-state index contributed by atoms with van der Waals surface area (Å²) in [6.07, 6.45) is 2.23. The highest BCUT2D eigenvalue weighted by atomic mass is 16.7. The molecule has 0 saturated carbocycles. The van der Waals surface area contributed by atoms with Gasteiger partial charge in [-0.05, 0) is 40.7 Å². The Morgan fingerprint density at radius 3 is 2.67 bits per heavy atom. The van der Waals surface area contributed by atoms with Crippen LogP contribution in [0.1, 0.15) is 33.6 Å². The fraction of sp³-hybridized carbons (Fsp3) is 0.909. The molecule has 4 heteroatoms. The quantitative estimate of drug-likeness (QED) is 0.749. The van der Waals surface area contributed by atoms with E-state index in [2.05, 4.69) is 5.32 Å². The highest BCUT2D eigenvalue weighted by Crippen LogP contribution is 2.18. The zero-order valence-corrected chi connectivity index (χ0v) is 10.2. The molecule has 0 aromatic heterocycles. The summed E-state index contributed by atoms with van der Waals surface area (Å²) in [4.78, 5) is 17.0. The molecule has 1 saturated heterocycles. The molecule has 15 heavy (non-hydrogen) atoms. The highest BCUT2D eigenvalue weighted by Gasteiger charge is 2.28. The molecule has 1 atom stereocenters. The number of hydrogen-bond donors (Lipinski definition) is 1. The van der Waals surface area contributed by atoms with Crippen LogP contribution < -0.4 is 5.32 Å². The molecule has 0 amide bonds. The van der Waals surface area contributed by atoms with Gasteiger partial charge in [-0.2, -0.15) is 0 Å². The van der Waals surface area contributed by atoms with Crippen molar-refractivity contribution in [3.8, 4) is 0 Å². The largest absolute Gasteiger partial charge is 0.367 e. The Morgan fingerprint density at radius 1 is 1.47 bits per heavy atom. The van der Waals surface area contributed by atoms with Crippen molar-refractivity contribution in [2.24, 2.45) is 5.41 Å². The first-order valence-electron chi connectivity index (χ1n) is 5.58. The van der Waals surface area contributed by atoms with E-state index in [1.165, 1.54) is 0 Å². The third-order valence-electron chi connectivity index (χ3n) is 2.62. The molecule has 1 N–H and O–H groups in total. The molecule has 0 aromatic rings. The first-order valence-corrected chi connectivity index (χ1v) is 5.58. The van der Waals surface area contributed by atoms with Crippen LogP contribution in [0.5, 0.6) is 0 Å². The number of likely N-dealkylation sites (N-methyl/N-ethyl adjacent to an activating group) is 1. The van der Waals surface area contributed by atoms with Gasteiger partial charge in [-0.3, -0.25) is 0 Å². The van der Waals surface area contributed by atoms with E-state index in [4.69, 9.17) is 4.84 Å². The van der Waals surface area contributed by atoms with Gasteiger partial charge in [0.25, 0.3) is 0 Å². The van der Waals surface area contributed by atoms with E-state index >= 15 is 0 Å². The molecule has 88 valence electrons. The Balaban J connectivity index is 2.41. The molecular formula is C11H22N2O2. The molecule has 1 heterocycles. The van der Waals surface area contributed by atoms with Gasteiger partial charge < -0.3 is 10.2 Å². The fourth-order valence-electron chi connectivity index (χ4n) is 1.52. The minimum atomic E-state index is -0.424. The summed E-state index contributed by atoms with van der Waals surface area (Å²) in [5.74, 6) is -0.153. The maximum Gasteiger partial charge on any atom is 0.330 e. The van der Waals surface area contributed by atoms with E-state index < -0.39 is 5.41 Å². The van der Waals surface area contributed by atoms with Crippen molar-refractivity contribution in [3.63, 3.8) is 0 Å². The number of hydrogen-bond acceptors (Lipinski definition) is 4. The Morgan fingerprint density at radius 2 is 2.13 bits per heavy atom. The topological polar surface area (TPSA) is 41.6 Å². The van der Waals surface area contributed by atoms with Gasteiger partial charge in [-0.15, -0.1) is 5.06 Å². The summed E-state index contributed by atoms with van der Waals surface area (Å²) in [5.41, 5.74) is -0.424. The van der Waals surface area contributed by atoms with Gasteiger partial charge in [0.05, 0.1) is 12.0 Å². The fourth-order valence-corrected chi connectivity index (χ4v) is 1.52. The third kappa shape index (κ3) is 3.80. The normalized spacial score (nSPS) is 23.9. The number of carbonyl (C=O) groups excluding carboxylic acids is 1. The highest BCUT2D eigenvalue weighted by molar-refractivity contribution is 5.75. The van der Waals surface area contributed by atoms with E-state index in [1.807, 2.05) is 27.8 Å². The third-order valence-corrected chi connectivity index (χ3v) is 2.62. The predicted molar refractivity (Wildman–Crippen MR) is 59.2 cm³/mol. The number of nitrogens with one attached hydrogen (secondary N) is 1. The van der Waals surface area contributed by atoms with Crippen molar-refractivity contribution in [2.45, 2.75) is 39.7 Å². The number of piperidine rings is 1. The molecule has 1 rings (SSSR count). The van der Waals surface area contributed by atoms with Crippen molar-refractivity contribution < 1.29 is 9.63 Å². The lowest BCUT2D eigenvalue weighted by Crippen LogP contribution is -2.46. The lowest BCUT2D eigenvalue weighted by Gasteiger charge is -2.32. The molecule has 1 aliphatic heterocycles. The molecule has 1 fully saturated rings. The average Bonchev–Trinajstić information content (AvgIpc) is 2.16. The van der Waals surface area contributed by atoms with Gasteiger partial charge in [0.15, 0.2) is 0 Å². The second-order valence-electron chi connectivity index (χ2n) is 5.14. The van der Waals surface area contributed by atoms with Gasteiger partial charge in [-0.25, -0.2) is 4.79 Å². The molecule has 0 unspecified atom stereocenters. The van der Waals surface area contributed by atoms with Gasteiger partial charge >= 0.3 is 5.97 Å². The number of nitrogens with zero attached hydrogens (tertiary/aromatic N) is 1. The first kappa shape index (κ1) is 12.5. The molecule has 1 aliphatic rings. The summed E-state index contributed by atoms with van der Waals surface area (Å²) >= 11 is 0. The summed E-state index contributed by atoms with van der Waals surface area (Å²) in [7, 11) is 1.94. The van der Waals surface area contributed by atoms with Crippen molar-refractivity contribution in [1.82, 2.24) is 10.4 Å². The van der Waals surface area contributed by atoms with Crippen molar-refractivity contribution in [2.75, 3.05) is 20.1 Å². The number of carbonyl (C=O) groups is 1. The van der Waals surface area contributed by atoms with E-state index in [0.717, 1.165) is 25.9 Å². The van der Waals surface area contributed by atoms with Crippen LogP contribution in [0.2, 0.25) is 0 Å². The maximum atomic E-state index is 11.6. The minimum Gasteiger partial charge on any atom is -0.367 e. The van der Waals surface area contributed by atoms with Gasteiger partial charge in [-0.1, -0.05) is 0 Å². The van der Waals surface area contributed by atoms with Crippen LogP contribution >= 0.6 is 0 Å². The van der Waals surface area contributed by atoms with Crippen molar-refractivity contribution >= 4 is 5.97 Å². The molecule has 0 radical (unpaired) electrons. The second-order valence-corrected chi connectivity index (χ2v) is 5.14. The van der Waals surface area contributed by atoms with Crippen LogP contribution in [0, 0.1) is 5.41 Å². The Hall–Kier alpha value is -0.610. The smallest absolute Gasteiger partial charge is 0.330 e. The van der Waals surface area contributed by atoms with Crippen molar-refractivity contribution in [1.29, 1.82) is 0 Å². The monoisotopic (exact) mass is 214 g/mol. The van der Waals surface area contributed by atoms with Gasteiger partial charge in [0, 0.05) is 12.6 Å². The number of rotatable bonds is 2. The zero-order chi connectivity index (χ0) is 11.5. The first-order chi connectivity index (χ1) is 6.93. The minimum absolute atomic E-state index is 0.153. The Bertz CT molecular complexity index is 223. The molecule has 0 spiro atoms. The zero-order valence-electron chi connectivity index (χ0n) is 10.2. The van der Waals surface area contributed by atoms with Gasteiger partial charge in [0.1, 0.15) is 0 Å². The Kier molecular flexibility index (Phi) is 4.11. The standard InChI is InChI=1S/C11H22N2O2/c1-11(2,3)10(14)15-13-7-5-6-9(8-13)12-4/h9,12H,5-8H2,1-4H3/t9-/m1/s1. The molecule has 4 nitrogen and oxygen atoms in total. The lowest BCUT2D eigenvalue weighted by molar-refractivity contribution is -0.205. The molecular weight excluding hydrogens is 192 g/mol. The summed E-state index contributed by atoms with van der Waals surface area (Å²) < 4.78 is 0. The number of hydroxylamine groups is 2. The van der Waals surface area contributed by atoms with Crippen LogP contribution in [0.3, 0.4) is 0 Å². The molecule has 0 bridgehead atoms. The predicted octanol–water partition coefficient (Wildman–Crippen LogP) is 1.17. The van der Waals surface area contributed by atoms with E-state index in [-0.39, 0.29) is 5.97 Å². The maximum absolute atomic E-state index is 11.6. The summed E-state index contributed by atoms with van der Waals surface area (Å²) in [5, 5.41) is 4.99. The van der Waals surface area contributed by atoms with Crippen LogP contribution in [0.25, 0.3) is 0 Å². The van der Waals surface area contributed by atoms with E-state index in [9.17, 15) is 4.79 Å². The summed E-state index contributed by atoms with van der Waals surface area (Å²) in [6.45, 7) is 7.25. The SMILES string of the molecule is CN[C@@H]1CCCN(OC(=O)C(C)(C)C)C1. The van der Waals surface area contributed by atoms with E-state index in [0.29, 0.717) is 6.04 Å². The van der Waals surface area contributed by atoms with Crippen LogP contribution in [-0.2, 0) is 9.63 Å². The molecule has 0 aliphatic carbocycles. The van der Waals surface area contributed by atoms with Gasteiger partial charge in [0.2, 0.25) is 0 Å². The van der Waals surface area contributed by atoms with Crippen molar-refractivity contribution in [3.05, 3.63) is 0 Å².